The van der Waals surface area contributed by atoms with Crippen LogP contribution in [0.4, 0.5) is 5.69 Å². The van der Waals surface area contributed by atoms with E-state index in [9.17, 15) is 4.79 Å². The quantitative estimate of drug-likeness (QED) is 0.465. The van der Waals surface area contributed by atoms with E-state index in [0.29, 0.717) is 0 Å². The van der Waals surface area contributed by atoms with Crippen molar-refractivity contribution < 1.29 is 4.79 Å². The van der Waals surface area contributed by atoms with E-state index in [1.807, 2.05) is 55.6 Å². The van der Waals surface area contributed by atoms with Gasteiger partial charge in [-0.25, -0.2) is 0 Å². The Morgan fingerprint density at radius 2 is 1.75 bits per heavy atom. The lowest BCUT2D eigenvalue weighted by molar-refractivity contribution is -0.115. The molecule has 3 aromatic rings. The summed E-state index contributed by atoms with van der Waals surface area (Å²) in [4.78, 5) is 16.4. The Labute approximate surface area is 198 Å². The zero-order chi connectivity index (χ0) is 22.3. The van der Waals surface area contributed by atoms with Gasteiger partial charge in [0.1, 0.15) is 0 Å². The molecule has 1 aliphatic heterocycles. The van der Waals surface area contributed by atoms with E-state index in [2.05, 4.69) is 37.1 Å². The smallest absolute Gasteiger partial charge is 0.237 e. The first-order valence-corrected chi connectivity index (χ1v) is 13.1. The fourth-order valence-corrected chi connectivity index (χ4v) is 5.27. The summed E-state index contributed by atoms with van der Waals surface area (Å²) in [6.45, 7) is 4.87. The number of rotatable bonds is 8. The van der Waals surface area contributed by atoms with Crippen molar-refractivity contribution in [2.45, 2.75) is 48.0 Å². The number of nitrogens with zero attached hydrogens (tertiary/aromatic N) is 4. The number of likely N-dealkylation sites (tertiary alicyclic amines) is 1. The Kier molecular flexibility index (Phi) is 7.89. The van der Waals surface area contributed by atoms with Crippen molar-refractivity contribution in [2.24, 2.45) is 0 Å². The molecule has 1 fully saturated rings. The van der Waals surface area contributed by atoms with Gasteiger partial charge in [0.25, 0.3) is 0 Å². The van der Waals surface area contributed by atoms with Crippen LogP contribution in [-0.4, -0.2) is 50.2 Å². The monoisotopic (exact) mass is 467 g/mol. The summed E-state index contributed by atoms with van der Waals surface area (Å²) in [5.74, 6) is 0.873. The topological polar surface area (TPSA) is 63.1 Å². The molecule has 8 heteroatoms. The molecular weight excluding hydrogens is 438 g/mol. The van der Waals surface area contributed by atoms with Crippen LogP contribution in [0.25, 0.3) is 5.69 Å². The lowest BCUT2D eigenvalue weighted by Gasteiger charge is -2.26. The Hall–Kier alpha value is -2.29. The number of benzene rings is 2. The normalized spacial score (nSPS) is 15.4. The first-order chi connectivity index (χ1) is 15.7. The molecule has 1 aromatic heterocycles. The number of hydrogen-bond acceptors (Lipinski definition) is 6. The number of carbonyl (C=O) groups is 1. The summed E-state index contributed by atoms with van der Waals surface area (Å²) in [5, 5.41) is 12.5. The molecule has 4 rings (SSSR count). The second kappa shape index (κ2) is 11.0. The van der Waals surface area contributed by atoms with Gasteiger partial charge in [-0.15, -0.1) is 22.0 Å². The van der Waals surface area contributed by atoms with Gasteiger partial charge in [0.15, 0.2) is 11.0 Å². The fraction of sp³-hybridized carbons (Fsp3) is 0.375. The summed E-state index contributed by atoms with van der Waals surface area (Å²) in [5.41, 5.74) is 1.86. The number of piperidine rings is 1. The second-order valence-corrected chi connectivity index (χ2v) is 10.0. The van der Waals surface area contributed by atoms with Crippen LogP contribution in [-0.2, 0) is 11.3 Å². The molecule has 168 valence electrons. The SMILES string of the molecule is CSc1ccccc1NC(=O)C(C)Sc1nnc(CN2CCCCC2)n1-c1ccccc1. The molecule has 1 aliphatic rings. The predicted octanol–water partition coefficient (Wildman–Crippen LogP) is 5.09. The van der Waals surface area contributed by atoms with Gasteiger partial charge in [-0.2, -0.15) is 0 Å². The molecule has 1 unspecified atom stereocenters. The van der Waals surface area contributed by atoms with Crippen molar-refractivity contribution in [3.63, 3.8) is 0 Å². The number of amides is 1. The maximum atomic E-state index is 12.9. The Morgan fingerprint density at radius 3 is 2.50 bits per heavy atom. The van der Waals surface area contributed by atoms with Crippen LogP contribution in [0.2, 0.25) is 0 Å². The summed E-state index contributed by atoms with van der Waals surface area (Å²) < 4.78 is 2.10. The van der Waals surface area contributed by atoms with Crippen molar-refractivity contribution in [3.05, 3.63) is 60.4 Å². The van der Waals surface area contributed by atoms with Crippen molar-refractivity contribution in [1.29, 1.82) is 0 Å². The maximum absolute atomic E-state index is 12.9. The lowest BCUT2D eigenvalue weighted by atomic mass is 10.1. The van der Waals surface area contributed by atoms with Gasteiger partial charge in [0.05, 0.1) is 17.5 Å². The molecule has 1 atom stereocenters. The molecule has 32 heavy (non-hydrogen) atoms. The molecular formula is C24H29N5OS2. The Bertz CT molecular complexity index is 1030. The predicted molar refractivity (Wildman–Crippen MR) is 133 cm³/mol. The first kappa shape index (κ1) is 22.9. The molecule has 1 N–H and O–H groups in total. The van der Waals surface area contributed by atoms with E-state index < -0.39 is 0 Å². The van der Waals surface area contributed by atoms with Crippen LogP contribution < -0.4 is 5.32 Å². The highest BCUT2D eigenvalue weighted by molar-refractivity contribution is 8.00. The summed E-state index contributed by atoms with van der Waals surface area (Å²) >= 11 is 3.06. The van der Waals surface area contributed by atoms with Gasteiger partial charge in [-0.05, 0) is 63.4 Å². The van der Waals surface area contributed by atoms with Crippen LogP contribution >= 0.6 is 23.5 Å². The second-order valence-electron chi connectivity index (χ2n) is 7.86. The zero-order valence-electron chi connectivity index (χ0n) is 18.5. The van der Waals surface area contributed by atoms with E-state index in [1.54, 1.807) is 11.8 Å². The molecule has 2 aromatic carbocycles. The number of para-hydroxylation sites is 2. The van der Waals surface area contributed by atoms with Crippen molar-refractivity contribution in [3.8, 4) is 5.69 Å². The van der Waals surface area contributed by atoms with Gasteiger partial charge < -0.3 is 5.32 Å². The van der Waals surface area contributed by atoms with Crippen LogP contribution in [0.5, 0.6) is 0 Å². The van der Waals surface area contributed by atoms with E-state index in [1.165, 1.54) is 31.0 Å². The standard InChI is InChI=1S/C24H29N5OS2/c1-18(23(30)25-20-13-7-8-14-21(20)31-2)32-24-27-26-22(17-28-15-9-4-10-16-28)29(24)19-11-5-3-6-12-19/h3,5-8,11-14,18H,4,9-10,15-17H2,1-2H3,(H,25,30). The minimum atomic E-state index is -0.320. The van der Waals surface area contributed by atoms with Crippen LogP contribution in [0, 0.1) is 0 Å². The average Bonchev–Trinajstić information content (AvgIpc) is 3.22. The third-order valence-corrected chi connectivity index (χ3v) is 7.38. The van der Waals surface area contributed by atoms with Gasteiger partial charge >= 0.3 is 0 Å². The maximum Gasteiger partial charge on any atom is 0.237 e. The number of nitrogens with one attached hydrogen (secondary N) is 1. The third kappa shape index (κ3) is 5.54. The first-order valence-electron chi connectivity index (χ1n) is 11.0. The Morgan fingerprint density at radius 1 is 1.03 bits per heavy atom. The molecule has 2 heterocycles. The van der Waals surface area contributed by atoms with Gasteiger partial charge in [0.2, 0.25) is 5.91 Å². The van der Waals surface area contributed by atoms with E-state index >= 15 is 0 Å². The number of hydrogen-bond donors (Lipinski definition) is 1. The number of aromatic nitrogens is 3. The number of thioether (sulfide) groups is 2. The van der Waals surface area contributed by atoms with Crippen molar-refractivity contribution >= 4 is 35.1 Å². The molecule has 0 bridgehead atoms. The van der Waals surface area contributed by atoms with E-state index in [-0.39, 0.29) is 11.2 Å². The van der Waals surface area contributed by atoms with Crippen molar-refractivity contribution in [1.82, 2.24) is 19.7 Å². The summed E-state index contributed by atoms with van der Waals surface area (Å²) in [7, 11) is 0. The number of anilines is 1. The van der Waals surface area contributed by atoms with E-state index in [4.69, 9.17) is 0 Å². The molecule has 0 saturated carbocycles. The van der Waals surface area contributed by atoms with Gasteiger partial charge in [-0.3, -0.25) is 14.3 Å². The highest BCUT2D eigenvalue weighted by Crippen LogP contribution is 2.29. The molecule has 6 nitrogen and oxygen atoms in total. The molecule has 0 spiro atoms. The van der Waals surface area contributed by atoms with Crippen LogP contribution in [0.3, 0.4) is 0 Å². The summed E-state index contributed by atoms with van der Waals surface area (Å²) in [6, 6.07) is 18.0. The Balaban J connectivity index is 1.54. The lowest BCUT2D eigenvalue weighted by Crippen LogP contribution is -2.30. The highest BCUT2D eigenvalue weighted by Gasteiger charge is 2.23. The summed E-state index contributed by atoms with van der Waals surface area (Å²) in [6.07, 6.45) is 5.77. The molecule has 1 amide bonds. The molecule has 0 radical (unpaired) electrons. The van der Waals surface area contributed by atoms with Crippen LogP contribution in [0.1, 0.15) is 32.0 Å². The molecule has 1 saturated heterocycles. The third-order valence-electron chi connectivity index (χ3n) is 5.54. The van der Waals surface area contributed by atoms with Crippen molar-refractivity contribution in [2.75, 3.05) is 24.7 Å². The fourth-order valence-electron chi connectivity index (χ4n) is 3.83. The number of carbonyl (C=O) groups excluding carboxylic acids is 1. The van der Waals surface area contributed by atoms with Gasteiger partial charge in [-0.1, -0.05) is 48.5 Å². The average molecular weight is 468 g/mol. The minimum Gasteiger partial charge on any atom is -0.324 e. The largest absolute Gasteiger partial charge is 0.324 e. The van der Waals surface area contributed by atoms with E-state index in [0.717, 1.165) is 46.9 Å². The highest BCUT2D eigenvalue weighted by atomic mass is 32.2. The zero-order valence-corrected chi connectivity index (χ0v) is 20.2. The van der Waals surface area contributed by atoms with Crippen LogP contribution in [0.15, 0.2) is 64.6 Å². The molecule has 0 aliphatic carbocycles. The minimum absolute atomic E-state index is 0.0447. The van der Waals surface area contributed by atoms with Gasteiger partial charge in [0, 0.05) is 10.6 Å².